The summed E-state index contributed by atoms with van der Waals surface area (Å²) in [4.78, 5) is 10.8. The van der Waals surface area contributed by atoms with Gasteiger partial charge in [-0.15, -0.1) is 22.9 Å². The molecule has 2 rings (SSSR count). The summed E-state index contributed by atoms with van der Waals surface area (Å²) >= 11 is 13.3. The fraction of sp³-hybridized carbons (Fsp3) is 0.100. The van der Waals surface area contributed by atoms with Gasteiger partial charge in [0.2, 0.25) is 0 Å². The van der Waals surface area contributed by atoms with Crippen LogP contribution in [0.4, 0.5) is 0 Å². The van der Waals surface area contributed by atoms with Crippen LogP contribution in [0.1, 0.15) is 15.9 Å². The van der Waals surface area contributed by atoms with E-state index >= 15 is 0 Å². The Bertz CT molecular complexity index is 490. The summed E-state index contributed by atoms with van der Waals surface area (Å²) < 4.78 is 1.05. The number of fused-ring (bicyclic) bond motifs is 1. The van der Waals surface area contributed by atoms with E-state index in [-0.39, 0.29) is 0 Å². The molecule has 0 spiro atoms. The molecule has 1 aromatic heterocycles. The molecule has 0 aliphatic heterocycles. The van der Waals surface area contributed by atoms with Gasteiger partial charge in [-0.1, -0.05) is 11.6 Å². The first kappa shape index (κ1) is 9.97. The molecule has 0 amide bonds. The normalized spacial score (nSPS) is 10.7. The van der Waals surface area contributed by atoms with Gasteiger partial charge in [0.25, 0.3) is 0 Å². The van der Waals surface area contributed by atoms with Crippen molar-refractivity contribution in [1.29, 1.82) is 0 Å². The lowest BCUT2D eigenvalue weighted by atomic mass is 10.1. The molecular weight excluding hydrogens is 239 g/mol. The Morgan fingerprint density at radius 3 is 2.93 bits per heavy atom. The zero-order valence-corrected chi connectivity index (χ0v) is 9.42. The van der Waals surface area contributed by atoms with Gasteiger partial charge in [-0.3, -0.25) is 4.79 Å². The van der Waals surface area contributed by atoms with Crippen LogP contribution in [0.25, 0.3) is 10.1 Å². The van der Waals surface area contributed by atoms with Gasteiger partial charge < -0.3 is 0 Å². The fourth-order valence-corrected chi connectivity index (χ4v) is 2.91. The highest BCUT2D eigenvalue weighted by Gasteiger charge is 2.10. The molecule has 0 N–H and O–H groups in total. The zero-order valence-electron chi connectivity index (χ0n) is 7.09. The van der Waals surface area contributed by atoms with Crippen molar-refractivity contribution in [2.24, 2.45) is 0 Å². The van der Waals surface area contributed by atoms with Gasteiger partial charge in [-0.25, -0.2) is 0 Å². The molecule has 0 fully saturated rings. The number of benzene rings is 1. The third-order valence-corrected chi connectivity index (χ3v) is 3.66. The van der Waals surface area contributed by atoms with Gasteiger partial charge in [0.1, 0.15) is 0 Å². The second kappa shape index (κ2) is 3.89. The second-order valence-electron chi connectivity index (χ2n) is 2.85. The van der Waals surface area contributed by atoms with E-state index in [1.165, 1.54) is 0 Å². The first-order valence-electron chi connectivity index (χ1n) is 3.97. The Morgan fingerprint density at radius 1 is 1.50 bits per heavy atom. The minimum atomic E-state index is 0.413. The third kappa shape index (κ3) is 1.44. The second-order valence-corrected chi connectivity index (χ2v) is 4.44. The Hall–Kier alpha value is -0.570. The molecule has 0 aliphatic carbocycles. The molecule has 2 aromatic rings. The molecule has 1 nitrogen and oxygen atoms in total. The average molecular weight is 245 g/mol. The van der Waals surface area contributed by atoms with Crippen molar-refractivity contribution in [2.45, 2.75) is 5.88 Å². The lowest BCUT2D eigenvalue weighted by molar-refractivity contribution is 0.112. The lowest BCUT2D eigenvalue weighted by Crippen LogP contribution is -1.87. The van der Waals surface area contributed by atoms with Gasteiger partial charge >= 0.3 is 0 Å². The quantitative estimate of drug-likeness (QED) is 0.574. The number of hydrogen-bond acceptors (Lipinski definition) is 2. The largest absolute Gasteiger partial charge is 0.298 e. The van der Waals surface area contributed by atoms with Gasteiger partial charge in [0.15, 0.2) is 6.29 Å². The molecule has 0 unspecified atom stereocenters. The van der Waals surface area contributed by atoms with E-state index in [0.29, 0.717) is 16.5 Å². The fourth-order valence-electron chi connectivity index (χ4n) is 1.41. The maximum Gasteiger partial charge on any atom is 0.152 e. The summed E-state index contributed by atoms with van der Waals surface area (Å²) in [5, 5.41) is 3.30. The van der Waals surface area contributed by atoms with E-state index in [1.54, 1.807) is 17.4 Å². The monoisotopic (exact) mass is 244 g/mol. The van der Waals surface area contributed by atoms with Gasteiger partial charge in [-0.2, -0.15) is 0 Å². The van der Waals surface area contributed by atoms with Crippen LogP contribution < -0.4 is 0 Å². The molecule has 0 aliphatic rings. The van der Waals surface area contributed by atoms with Gasteiger partial charge in [0.05, 0.1) is 5.02 Å². The summed E-state index contributed by atoms with van der Waals surface area (Å²) in [6.07, 6.45) is 0.787. The van der Waals surface area contributed by atoms with E-state index in [1.807, 2.05) is 11.4 Å². The van der Waals surface area contributed by atoms with Crippen LogP contribution in [0, 0.1) is 0 Å². The molecule has 4 heteroatoms. The number of hydrogen-bond donors (Lipinski definition) is 0. The molecule has 1 heterocycles. The van der Waals surface area contributed by atoms with Crippen LogP contribution in [-0.2, 0) is 5.88 Å². The molecule has 14 heavy (non-hydrogen) atoms. The molecule has 1 aromatic carbocycles. The van der Waals surface area contributed by atoms with E-state index < -0.39 is 0 Å². The van der Waals surface area contributed by atoms with Gasteiger partial charge in [-0.05, 0) is 23.1 Å². The molecule has 0 radical (unpaired) electrons. The van der Waals surface area contributed by atoms with Crippen LogP contribution in [0.15, 0.2) is 17.5 Å². The summed E-state index contributed by atoms with van der Waals surface area (Å²) in [5.41, 5.74) is 1.53. The molecule has 0 atom stereocenters. The van der Waals surface area contributed by atoms with Crippen molar-refractivity contribution in [2.75, 3.05) is 0 Å². The van der Waals surface area contributed by atoms with Crippen molar-refractivity contribution < 1.29 is 4.79 Å². The summed E-state index contributed by atoms with van der Waals surface area (Å²) in [6, 6.07) is 3.66. The Labute approximate surface area is 95.3 Å². The maximum atomic E-state index is 10.8. The maximum absolute atomic E-state index is 10.8. The Kier molecular flexibility index (Phi) is 2.77. The molecular formula is C10H6Cl2OS. The standard InChI is InChI=1S/C10H6Cl2OS/c11-4-6-3-9(12)8(5-13)7-1-2-14-10(6)7/h1-3,5H,4H2. The molecule has 0 saturated heterocycles. The highest BCUT2D eigenvalue weighted by atomic mass is 35.5. The molecule has 0 saturated carbocycles. The summed E-state index contributed by atoms with van der Waals surface area (Å²) in [7, 11) is 0. The highest BCUT2D eigenvalue weighted by Crippen LogP contribution is 2.32. The zero-order chi connectivity index (χ0) is 10.1. The van der Waals surface area contributed by atoms with Crippen molar-refractivity contribution in [3.63, 3.8) is 0 Å². The van der Waals surface area contributed by atoms with Crippen molar-refractivity contribution in [3.8, 4) is 0 Å². The minimum absolute atomic E-state index is 0.413. The predicted octanol–water partition coefficient (Wildman–Crippen LogP) is 4.11. The first-order chi connectivity index (χ1) is 6.77. The van der Waals surface area contributed by atoms with Crippen molar-refractivity contribution in [1.82, 2.24) is 0 Å². The van der Waals surface area contributed by atoms with Crippen molar-refractivity contribution in [3.05, 3.63) is 33.7 Å². The minimum Gasteiger partial charge on any atom is -0.298 e. The number of rotatable bonds is 2. The molecule has 72 valence electrons. The molecule has 0 bridgehead atoms. The van der Waals surface area contributed by atoms with Crippen molar-refractivity contribution >= 4 is 50.9 Å². The van der Waals surface area contributed by atoms with Crippen LogP contribution in [0.3, 0.4) is 0 Å². The topological polar surface area (TPSA) is 17.1 Å². The Balaban J connectivity index is 2.88. The van der Waals surface area contributed by atoms with Crippen LogP contribution in [-0.4, -0.2) is 6.29 Å². The van der Waals surface area contributed by atoms with Gasteiger partial charge in [0, 0.05) is 21.5 Å². The Morgan fingerprint density at radius 2 is 2.29 bits per heavy atom. The number of carbonyl (C=O) groups excluding carboxylic acids is 1. The average Bonchev–Trinajstić information content (AvgIpc) is 2.65. The van der Waals surface area contributed by atoms with E-state index in [9.17, 15) is 4.79 Å². The van der Waals surface area contributed by atoms with E-state index in [2.05, 4.69) is 0 Å². The smallest absolute Gasteiger partial charge is 0.152 e. The highest BCUT2D eigenvalue weighted by molar-refractivity contribution is 7.17. The summed E-state index contributed by atoms with van der Waals surface area (Å²) in [5.74, 6) is 0.413. The van der Waals surface area contributed by atoms with E-state index in [0.717, 1.165) is 21.9 Å². The number of carbonyl (C=O) groups is 1. The number of halogens is 2. The van der Waals surface area contributed by atoms with Crippen LogP contribution >= 0.6 is 34.5 Å². The summed E-state index contributed by atoms with van der Waals surface area (Å²) in [6.45, 7) is 0. The third-order valence-electron chi connectivity index (χ3n) is 2.07. The number of aldehydes is 1. The number of alkyl halides is 1. The lowest BCUT2D eigenvalue weighted by Gasteiger charge is -2.03. The van der Waals surface area contributed by atoms with Crippen LogP contribution in [0.5, 0.6) is 0 Å². The SMILES string of the molecule is O=Cc1c(Cl)cc(CCl)c2sccc12. The van der Waals surface area contributed by atoms with Crippen LogP contribution in [0.2, 0.25) is 5.02 Å². The predicted molar refractivity (Wildman–Crippen MR) is 61.8 cm³/mol. The van der Waals surface area contributed by atoms with E-state index in [4.69, 9.17) is 23.2 Å². The number of thiophene rings is 1. The first-order valence-corrected chi connectivity index (χ1v) is 5.77.